The fraction of sp³-hybridized carbons (Fsp3) is 1.00. The number of hydrogen-bond donors (Lipinski definition) is 1. The van der Waals surface area contributed by atoms with Crippen molar-refractivity contribution in [1.82, 2.24) is 9.80 Å². The van der Waals surface area contributed by atoms with E-state index < -0.39 is 0 Å². The van der Waals surface area contributed by atoms with Crippen LogP contribution in [-0.4, -0.2) is 51.2 Å². The van der Waals surface area contributed by atoms with Crippen LogP contribution in [0.5, 0.6) is 0 Å². The van der Waals surface area contributed by atoms with E-state index in [0.29, 0.717) is 0 Å². The zero-order valence-electron chi connectivity index (χ0n) is 20.1. The second-order valence-electron chi connectivity index (χ2n) is 5.42. The third-order valence-electron chi connectivity index (χ3n) is 1.98. The molecule has 2 N–H and O–H groups in total. The summed E-state index contributed by atoms with van der Waals surface area (Å²) in [6.45, 7) is 20.5. The van der Waals surface area contributed by atoms with Gasteiger partial charge < -0.3 is 5.73 Å². The molecule has 0 aromatic carbocycles. The molecule has 0 saturated heterocycles. The van der Waals surface area contributed by atoms with Crippen LogP contribution in [0.25, 0.3) is 0 Å². The quantitative estimate of drug-likeness (QED) is 0.556. The Morgan fingerprint density at radius 1 is 0.542 bits per heavy atom. The van der Waals surface area contributed by atoms with Crippen molar-refractivity contribution in [1.29, 1.82) is 0 Å². The largest absolute Gasteiger partial charge is 0.331 e. The fourth-order valence-electron chi connectivity index (χ4n) is 1.27. The highest BCUT2D eigenvalue weighted by atomic mass is 15.2. The predicted octanol–water partition coefficient (Wildman–Crippen LogP) is 6.48. The second kappa shape index (κ2) is 56.9. The summed E-state index contributed by atoms with van der Waals surface area (Å²) < 4.78 is 0. The lowest BCUT2D eigenvalue weighted by Gasteiger charge is -2.14. The van der Waals surface area contributed by atoms with Crippen molar-refractivity contribution in [3.05, 3.63) is 0 Å². The van der Waals surface area contributed by atoms with Crippen LogP contribution < -0.4 is 5.73 Å². The van der Waals surface area contributed by atoms with E-state index in [1.807, 2.05) is 34.6 Å². The summed E-state index contributed by atoms with van der Waals surface area (Å²) in [4.78, 5) is 4.25. The normalized spacial score (nSPS) is 8.00. The van der Waals surface area contributed by atoms with Crippen molar-refractivity contribution >= 4 is 0 Å². The highest BCUT2D eigenvalue weighted by Crippen LogP contribution is 1.88. The Bertz CT molecular complexity index is 99.7. The predicted molar refractivity (Wildman–Crippen MR) is 120 cm³/mol. The van der Waals surface area contributed by atoms with E-state index in [1.54, 1.807) is 0 Å². The molecule has 0 aliphatic carbocycles. The summed E-state index contributed by atoms with van der Waals surface area (Å²) in [7, 11) is 8.22. The second-order valence-corrected chi connectivity index (χ2v) is 5.42. The van der Waals surface area contributed by atoms with E-state index in [9.17, 15) is 0 Å². The maximum absolute atomic E-state index is 4.85. The van der Waals surface area contributed by atoms with Crippen LogP contribution in [0, 0.1) is 0 Å². The summed E-state index contributed by atoms with van der Waals surface area (Å²) in [5.41, 5.74) is 4.85. The van der Waals surface area contributed by atoms with Crippen molar-refractivity contribution < 1.29 is 0 Å². The molecule has 156 valence electrons. The van der Waals surface area contributed by atoms with Crippen LogP contribution in [0.3, 0.4) is 0 Å². The Morgan fingerprint density at radius 2 is 0.708 bits per heavy atom. The van der Waals surface area contributed by atoms with Gasteiger partial charge in [-0.2, -0.15) is 0 Å². The Kier molecular flexibility index (Phi) is 92.6. The third kappa shape index (κ3) is 154. The highest BCUT2D eigenvalue weighted by Gasteiger charge is 1.87. The maximum Gasteiger partial charge on any atom is 0.0495 e. The van der Waals surface area contributed by atoms with E-state index in [4.69, 9.17) is 5.73 Å². The molecule has 0 rings (SSSR count). The molecule has 0 amide bonds. The van der Waals surface area contributed by atoms with Gasteiger partial charge in [0, 0.05) is 6.67 Å². The van der Waals surface area contributed by atoms with Gasteiger partial charge in [0.25, 0.3) is 0 Å². The van der Waals surface area contributed by atoms with E-state index in [1.165, 1.54) is 38.5 Å². The van der Waals surface area contributed by atoms with Crippen LogP contribution in [0.4, 0.5) is 0 Å². The van der Waals surface area contributed by atoms with Gasteiger partial charge in [0.15, 0.2) is 0 Å². The molecular weight excluding hydrogens is 294 g/mol. The number of unbranched alkanes of at least 4 members (excludes halogenated alkanes) is 4. The number of nitrogens with two attached hydrogens (primary N) is 1. The molecule has 0 spiro atoms. The Morgan fingerprint density at radius 3 is 0.708 bits per heavy atom. The molecular formula is C21H57N3. The van der Waals surface area contributed by atoms with E-state index >= 15 is 0 Å². The molecule has 0 heterocycles. The zero-order valence-corrected chi connectivity index (χ0v) is 20.1. The average molecular weight is 352 g/mol. The lowest BCUT2D eigenvalue weighted by molar-refractivity contribution is 0.245. The van der Waals surface area contributed by atoms with Crippen molar-refractivity contribution in [3.8, 4) is 0 Å². The average Bonchev–Trinajstić information content (AvgIpc) is 2.53. The molecule has 0 aliphatic heterocycles. The van der Waals surface area contributed by atoms with Gasteiger partial charge in [0.1, 0.15) is 0 Å². The first-order chi connectivity index (χ1) is 11.4. The smallest absolute Gasteiger partial charge is 0.0495 e. The summed E-state index contributed by atoms with van der Waals surface area (Å²) in [6.07, 6.45) is 8.15. The Hall–Kier alpha value is -0.120. The zero-order chi connectivity index (χ0) is 20.8. The van der Waals surface area contributed by atoms with Gasteiger partial charge in [-0.05, 0) is 34.7 Å². The summed E-state index contributed by atoms with van der Waals surface area (Å²) in [5.74, 6) is 0. The molecule has 0 radical (unpaired) electrons. The van der Waals surface area contributed by atoms with Crippen molar-refractivity contribution in [2.45, 2.75) is 101 Å². The molecule has 0 aromatic rings. The molecule has 0 saturated carbocycles. The number of nitrogens with zero attached hydrogens (tertiary/aromatic N) is 2. The molecule has 0 bridgehead atoms. The van der Waals surface area contributed by atoms with Gasteiger partial charge in [-0.25, -0.2) is 0 Å². The summed E-state index contributed by atoms with van der Waals surface area (Å²) in [5, 5.41) is 0. The van der Waals surface area contributed by atoms with Gasteiger partial charge in [-0.3, -0.25) is 9.80 Å². The van der Waals surface area contributed by atoms with Gasteiger partial charge in [-0.1, -0.05) is 101 Å². The monoisotopic (exact) mass is 351 g/mol. The fourth-order valence-corrected chi connectivity index (χ4v) is 1.27. The minimum absolute atomic E-state index is 0.750. The number of hydrogen-bond acceptors (Lipinski definition) is 3. The van der Waals surface area contributed by atoms with Gasteiger partial charge in [-0.15, -0.1) is 0 Å². The first-order valence-corrected chi connectivity index (χ1v) is 10.4. The van der Waals surface area contributed by atoms with Crippen molar-refractivity contribution in [2.24, 2.45) is 5.73 Å². The molecule has 0 unspecified atom stereocenters. The standard InChI is InChI=1S/C5H14N2.2C5H12.C2H7N.2C2H6/c1-6(2)5-7(3)4;2*1-3-5-4-2;1-2-3;2*1-2/h5H2,1-4H3;2*3-5H2,1-2H3;2-3H2,1H3;2*1-2H3. The summed E-state index contributed by atoms with van der Waals surface area (Å²) >= 11 is 0. The number of rotatable bonds is 6. The Labute approximate surface area is 158 Å². The lowest BCUT2D eigenvalue weighted by Crippen LogP contribution is -2.26. The van der Waals surface area contributed by atoms with E-state index in [-0.39, 0.29) is 0 Å². The minimum atomic E-state index is 0.750. The minimum Gasteiger partial charge on any atom is -0.331 e. The van der Waals surface area contributed by atoms with Crippen LogP contribution in [-0.2, 0) is 0 Å². The Balaban J connectivity index is -0.0000000432. The van der Waals surface area contributed by atoms with Gasteiger partial charge in [0.05, 0.1) is 0 Å². The topological polar surface area (TPSA) is 32.5 Å². The van der Waals surface area contributed by atoms with Crippen molar-refractivity contribution in [3.63, 3.8) is 0 Å². The van der Waals surface area contributed by atoms with E-state index in [0.717, 1.165) is 13.2 Å². The van der Waals surface area contributed by atoms with Crippen LogP contribution >= 0.6 is 0 Å². The molecule has 0 atom stereocenters. The van der Waals surface area contributed by atoms with E-state index in [2.05, 4.69) is 65.7 Å². The SMILES string of the molecule is CC.CC.CCCCC.CCCCC.CCN.CN(C)CN(C)C. The first-order valence-electron chi connectivity index (χ1n) is 10.4. The summed E-state index contributed by atoms with van der Waals surface area (Å²) in [6, 6.07) is 0. The molecule has 24 heavy (non-hydrogen) atoms. The molecule has 0 aliphatic rings. The highest BCUT2D eigenvalue weighted by molar-refractivity contribution is 4.35. The first kappa shape index (κ1) is 39.1. The van der Waals surface area contributed by atoms with Crippen molar-refractivity contribution in [2.75, 3.05) is 41.4 Å². The van der Waals surface area contributed by atoms with Gasteiger partial charge >= 0.3 is 0 Å². The van der Waals surface area contributed by atoms with Crippen LogP contribution in [0.15, 0.2) is 0 Å². The maximum atomic E-state index is 4.85. The van der Waals surface area contributed by atoms with Crippen LogP contribution in [0.1, 0.15) is 101 Å². The molecule has 3 nitrogen and oxygen atoms in total. The molecule has 0 aromatic heterocycles. The lowest BCUT2D eigenvalue weighted by atomic mass is 10.3. The third-order valence-corrected chi connectivity index (χ3v) is 1.98. The van der Waals surface area contributed by atoms with Crippen LogP contribution in [0.2, 0.25) is 0 Å². The molecule has 0 fully saturated rings. The molecule has 3 heteroatoms. The van der Waals surface area contributed by atoms with Gasteiger partial charge in [0.2, 0.25) is 0 Å².